The van der Waals surface area contributed by atoms with Crippen LogP contribution in [0.5, 0.6) is 5.75 Å². The summed E-state index contributed by atoms with van der Waals surface area (Å²) in [6.45, 7) is 0. The molecule has 0 spiro atoms. The van der Waals surface area contributed by atoms with Gasteiger partial charge in [0.05, 0.1) is 30.1 Å². The van der Waals surface area contributed by atoms with Gasteiger partial charge in [0.15, 0.2) is 0 Å². The van der Waals surface area contributed by atoms with Gasteiger partial charge in [-0.2, -0.15) is 5.10 Å². The van der Waals surface area contributed by atoms with E-state index in [0.29, 0.717) is 16.7 Å². The zero-order valence-electron chi connectivity index (χ0n) is 17.2. The average Bonchev–Trinajstić information content (AvgIpc) is 2.84. The second-order valence-electron chi connectivity index (χ2n) is 7.08. The molecule has 3 aromatic carbocycles. The molecular formula is C25H18ClN5O. The number of hydrogen-bond donors (Lipinski definition) is 1. The number of methoxy groups -OCH3 is 1. The molecule has 1 N–H and O–H groups in total. The van der Waals surface area contributed by atoms with Crippen LogP contribution in [0.15, 0.2) is 84.0 Å². The number of rotatable bonds is 5. The molecule has 0 saturated carbocycles. The summed E-state index contributed by atoms with van der Waals surface area (Å²) in [4.78, 5) is 13.7. The van der Waals surface area contributed by atoms with Crippen LogP contribution in [0, 0.1) is 0 Å². The first-order valence-electron chi connectivity index (χ1n) is 9.97. The summed E-state index contributed by atoms with van der Waals surface area (Å²) in [5.41, 5.74) is 7.06. The standard InChI is InChI=1S/C25H18ClN5O/c1-32-19-11-12-21-17(14-19)13-18(24(26)28-21)15-27-31-25-29-22-10-6-5-9-20(22)23(30-25)16-7-3-2-4-8-16/h2-15H,1H3,(H,29,30,31)/b27-15+. The summed E-state index contributed by atoms with van der Waals surface area (Å²) in [7, 11) is 1.63. The van der Waals surface area contributed by atoms with Gasteiger partial charge in [-0.05, 0) is 30.3 Å². The quantitative estimate of drug-likeness (QED) is 0.208. The summed E-state index contributed by atoms with van der Waals surface area (Å²) in [6.07, 6.45) is 1.61. The molecule has 0 aliphatic rings. The first kappa shape index (κ1) is 19.9. The van der Waals surface area contributed by atoms with Crippen molar-refractivity contribution in [1.82, 2.24) is 15.0 Å². The van der Waals surface area contributed by atoms with E-state index in [-0.39, 0.29) is 0 Å². The molecule has 6 nitrogen and oxygen atoms in total. The van der Waals surface area contributed by atoms with Crippen LogP contribution in [-0.4, -0.2) is 28.3 Å². The van der Waals surface area contributed by atoms with Gasteiger partial charge in [0.1, 0.15) is 10.9 Å². The van der Waals surface area contributed by atoms with Crippen LogP contribution in [0.4, 0.5) is 5.95 Å². The number of halogens is 1. The van der Waals surface area contributed by atoms with Gasteiger partial charge in [-0.25, -0.2) is 20.4 Å². The molecule has 2 aromatic heterocycles. The molecule has 156 valence electrons. The number of ether oxygens (including phenoxy) is 1. The molecule has 7 heteroatoms. The predicted octanol–water partition coefficient (Wildman–Crippen LogP) is 5.95. The lowest BCUT2D eigenvalue weighted by Crippen LogP contribution is -2.00. The highest BCUT2D eigenvalue weighted by Gasteiger charge is 2.09. The van der Waals surface area contributed by atoms with Crippen molar-refractivity contribution in [1.29, 1.82) is 0 Å². The average molecular weight is 440 g/mol. The zero-order valence-corrected chi connectivity index (χ0v) is 17.9. The van der Waals surface area contributed by atoms with Crippen molar-refractivity contribution in [3.05, 3.63) is 89.6 Å². The third kappa shape index (κ3) is 3.96. The maximum atomic E-state index is 6.35. The minimum atomic E-state index is 0.359. The van der Waals surface area contributed by atoms with E-state index in [9.17, 15) is 0 Å². The van der Waals surface area contributed by atoms with Gasteiger partial charge in [-0.15, -0.1) is 0 Å². The van der Waals surface area contributed by atoms with Crippen LogP contribution < -0.4 is 10.2 Å². The smallest absolute Gasteiger partial charge is 0.244 e. The van der Waals surface area contributed by atoms with Gasteiger partial charge in [-0.3, -0.25) is 0 Å². The molecule has 32 heavy (non-hydrogen) atoms. The van der Waals surface area contributed by atoms with Crippen LogP contribution in [0.25, 0.3) is 33.1 Å². The number of hydrogen-bond acceptors (Lipinski definition) is 6. The van der Waals surface area contributed by atoms with Crippen molar-refractivity contribution in [2.75, 3.05) is 12.5 Å². The number of pyridine rings is 1. The molecule has 0 bridgehead atoms. The Morgan fingerprint density at radius 3 is 2.53 bits per heavy atom. The maximum absolute atomic E-state index is 6.35. The molecule has 0 aliphatic heterocycles. The van der Waals surface area contributed by atoms with Crippen molar-refractivity contribution < 1.29 is 4.74 Å². The van der Waals surface area contributed by atoms with Gasteiger partial charge >= 0.3 is 0 Å². The van der Waals surface area contributed by atoms with E-state index in [4.69, 9.17) is 21.3 Å². The monoisotopic (exact) mass is 439 g/mol. The number of nitrogens with zero attached hydrogens (tertiary/aromatic N) is 4. The number of anilines is 1. The summed E-state index contributed by atoms with van der Waals surface area (Å²) in [5.74, 6) is 1.14. The Kier molecular flexibility index (Phi) is 5.35. The molecule has 5 aromatic rings. The molecule has 0 aliphatic carbocycles. The van der Waals surface area contributed by atoms with Crippen molar-refractivity contribution in [2.45, 2.75) is 0 Å². The fourth-order valence-electron chi connectivity index (χ4n) is 3.47. The third-order valence-electron chi connectivity index (χ3n) is 5.02. The van der Waals surface area contributed by atoms with Gasteiger partial charge < -0.3 is 4.74 Å². The lowest BCUT2D eigenvalue weighted by molar-refractivity contribution is 0.415. The Morgan fingerprint density at radius 1 is 0.875 bits per heavy atom. The molecule has 0 amide bonds. The topological polar surface area (TPSA) is 72.3 Å². The van der Waals surface area contributed by atoms with Crippen LogP contribution in [0.1, 0.15) is 5.56 Å². The predicted molar refractivity (Wildman–Crippen MR) is 129 cm³/mol. The highest BCUT2D eigenvalue weighted by atomic mass is 35.5. The second-order valence-corrected chi connectivity index (χ2v) is 7.43. The summed E-state index contributed by atoms with van der Waals surface area (Å²) in [5, 5.41) is 6.55. The number of nitrogens with one attached hydrogen (secondary N) is 1. The van der Waals surface area contributed by atoms with E-state index >= 15 is 0 Å². The first-order valence-corrected chi connectivity index (χ1v) is 10.3. The van der Waals surface area contributed by atoms with Crippen molar-refractivity contribution in [2.24, 2.45) is 5.10 Å². The number of benzene rings is 3. The molecule has 5 rings (SSSR count). The van der Waals surface area contributed by atoms with Crippen LogP contribution in [-0.2, 0) is 0 Å². The Balaban J connectivity index is 1.48. The van der Waals surface area contributed by atoms with Gasteiger partial charge in [0.25, 0.3) is 0 Å². The van der Waals surface area contributed by atoms with E-state index in [1.165, 1.54) is 0 Å². The largest absolute Gasteiger partial charge is 0.497 e. The number of fused-ring (bicyclic) bond motifs is 2. The Morgan fingerprint density at radius 2 is 1.69 bits per heavy atom. The van der Waals surface area contributed by atoms with Crippen molar-refractivity contribution in [3.63, 3.8) is 0 Å². The molecule has 0 radical (unpaired) electrons. The van der Waals surface area contributed by atoms with Crippen LogP contribution in [0.2, 0.25) is 5.15 Å². The number of aromatic nitrogens is 3. The fraction of sp³-hybridized carbons (Fsp3) is 0.0400. The normalized spacial score (nSPS) is 11.3. The number of para-hydroxylation sites is 1. The summed E-state index contributed by atoms with van der Waals surface area (Å²) < 4.78 is 5.29. The summed E-state index contributed by atoms with van der Waals surface area (Å²) >= 11 is 6.35. The van der Waals surface area contributed by atoms with Crippen LogP contribution in [0.3, 0.4) is 0 Å². The Labute approximate surface area is 189 Å². The van der Waals surface area contributed by atoms with Crippen molar-refractivity contribution >= 4 is 45.6 Å². The Hall–Kier alpha value is -4.03. The molecule has 2 heterocycles. The van der Waals surface area contributed by atoms with Gasteiger partial charge in [0.2, 0.25) is 5.95 Å². The van der Waals surface area contributed by atoms with Gasteiger partial charge in [0, 0.05) is 21.9 Å². The molecule has 0 atom stereocenters. The third-order valence-corrected chi connectivity index (χ3v) is 5.32. The second kappa shape index (κ2) is 8.61. The molecular weight excluding hydrogens is 422 g/mol. The molecule has 0 saturated heterocycles. The molecule has 0 fully saturated rings. The van der Waals surface area contributed by atoms with E-state index in [0.717, 1.165) is 38.8 Å². The fourth-order valence-corrected chi connectivity index (χ4v) is 3.66. The SMILES string of the molecule is COc1ccc2nc(Cl)c(/C=N/Nc3nc(-c4ccccc4)c4ccccc4n3)cc2c1. The minimum absolute atomic E-state index is 0.359. The van der Waals surface area contributed by atoms with Crippen LogP contribution >= 0.6 is 11.6 Å². The van der Waals surface area contributed by atoms with E-state index in [1.807, 2.05) is 78.9 Å². The molecule has 0 unspecified atom stereocenters. The van der Waals surface area contributed by atoms with E-state index in [2.05, 4.69) is 20.5 Å². The highest BCUT2D eigenvalue weighted by Crippen LogP contribution is 2.27. The summed E-state index contributed by atoms with van der Waals surface area (Å²) in [6, 6.07) is 25.4. The first-order chi connectivity index (χ1) is 15.7. The number of hydrazone groups is 1. The van der Waals surface area contributed by atoms with Gasteiger partial charge in [-0.1, -0.05) is 60.1 Å². The van der Waals surface area contributed by atoms with E-state index in [1.54, 1.807) is 13.3 Å². The minimum Gasteiger partial charge on any atom is -0.497 e. The lowest BCUT2D eigenvalue weighted by Gasteiger charge is -2.08. The Bertz CT molecular complexity index is 1450. The van der Waals surface area contributed by atoms with Crippen molar-refractivity contribution in [3.8, 4) is 17.0 Å². The highest BCUT2D eigenvalue weighted by molar-refractivity contribution is 6.32. The van der Waals surface area contributed by atoms with E-state index < -0.39 is 0 Å². The lowest BCUT2D eigenvalue weighted by atomic mass is 10.1. The maximum Gasteiger partial charge on any atom is 0.244 e. The zero-order chi connectivity index (χ0) is 21.9.